The van der Waals surface area contributed by atoms with Crippen LogP contribution in [0.5, 0.6) is 5.75 Å². The summed E-state index contributed by atoms with van der Waals surface area (Å²) in [5, 5.41) is 0. The van der Waals surface area contributed by atoms with Crippen LogP contribution in [0.4, 0.5) is 0 Å². The van der Waals surface area contributed by atoms with Crippen molar-refractivity contribution in [3.05, 3.63) is 29.8 Å². The van der Waals surface area contributed by atoms with E-state index in [1.54, 1.807) is 7.11 Å². The summed E-state index contributed by atoms with van der Waals surface area (Å²) >= 11 is 0. The Bertz CT molecular complexity index is 595. The van der Waals surface area contributed by atoms with E-state index in [1.807, 2.05) is 45.0 Å². The fourth-order valence-corrected chi connectivity index (χ4v) is 4.25. The molecule has 0 amide bonds. The summed E-state index contributed by atoms with van der Waals surface area (Å²) in [5.41, 5.74) is 0.808. The van der Waals surface area contributed by atoms with Crippen LogP contribution in [-0.2, 0) is 14.9 Å². The van der Waals surface area contributed by atoms with Crippen LogP contribution in [0, 0.1) is 0 Å². The van der Waals surface area contributed by atoms with Crippen LogP contribution in [0.15, 0.2) is 24.3 Å². The molecule has 1 aliphatic heterocycles. The van der Waals surface area contributed by atoms with Crippen molar-refractivity contribution < 1.29 is 17.9 Å². The third kappa shape index (κ3) is 3.98. The summed E-state index contributed by atoms with van der Waals surface area (Å²) in [6, 6.07) is 7.01. The van der Waals surface area contributed by atoms with Gasteiger partial charge in [0.25, 0.3) is 10.2 Å². The zero-order valence-corrected chi connectivity index (χ0v) is 14.3. The van der Waals surface area contributed by atoms with Crippen LogP contribution < -0.4 is 9.46 Å². The Morgan fingerprint density at radius 3 is 2.45 bits per heavy atom. The molecule has 7 heteroatoms. The van der Waals surface area contributed by atoms with Crippen LogP contribution >= 0.6 is 0 Å². The quantitative estimate of drug-likeness (QED) is 0.893. The summed E-state index contributed by atoms with van der Waals surface area (Å²) in [4.78, 5) is 0. The largest absolute Gasteiger partial charge is 0.496 e. The molecule has 0 bridgehead atoms. The highest BCUT2D eigenvalue weighted by Crippen LogP contribution is 2.25. The Morgan fingerprint density at radius 2 is 1.86 bits per heavy atom. The minimum absolute atomic E-state index is 0.109. The second-order valence-corrected chi connectivity index (χ2v) is 7.36. The molecule has 6 nitrogen and oxygen atoms in total. The van der Waals surface area contributed by atoms with E-state index in [9.17, 15) is 8.42 Å². The smallest absolute Gasteiger partial charge is 0.280 e. The van der Waals surface area contributed by atoms with Crippen molar-refractivity contribution in [1.29, 1.82) is 0 Å². The van der Waals surface area contributed by atoms with Crippen molar-refractivity contribution in [3.8, 4) is 5.75 Å². The number of methoxy groups -OCH3 is 1. The molecule has 1 aliphatic rings. The molecule has 0 aliphatic carbocycles. The average molecular weight is 328 g/mol. The van der Waals surface area contributed by atoms with E-state index in [-0.39, 0.29) is 18.2 Å². The van der Waals surface area contributed by atoms with Crippen LogP contribution in [0.1, 0.15) is 32.4 Å². The van der Waals surface area contributed by atoms with Gasteiger partial charge in [0.15, 0.2) is 0 Å². The normalized spacial score (nSPS) is 24.9. The zero-order valence-electron chi connectivity index (χ0n) is 13.4. The Morgan fingerprint density at radius 1 is 1.27 bits per heavy atom. The third-order valence-corrected chi connectivity index (χ3v) is 5.29. The number of morpholine rings is 1. The van der Waals surface area contributed by atoms with Gasteiger partial charge in [-0.2, -0.15) is 17.4 Å². The maximum atomic E-state index is 12.6. The van der Waals surface area contributed by atoms with Crippen LogP contribution in [0.25, 0.3) is 0 Å². The van der Waals surface area contributed by atoms with Gasteiger partial charge in [0.1, 0.15) is 5.75 Å². The predicted molar refractivity (Wildman–Crippen MR) is 85.0 cm³/mol. The second kappa shape index (κ2) is 6.95. The first kappa shape index (κ1) is 17.2. The lowest BCUT2D eigenvalue weighted by molar-refractivity contribution is -0.0444. The first-order valence-electron chi connectivity index (χ1n) is 7.39. The highest BCUT2D eigenvalue weighted by atomic mass is 32.2. The first-order valence-corrected chi connectivity index (χ1v) is 8.83. The van der Waals surface area contributed by atoms with E-state index >= 15 is 0 Å². The number of nitrogens with zero attached hydrogens (tertiary/aromatic N) is 1. The lowest BCUT2D eigenvalue weighted by Gasteiger charge is -2.35. The number of hydrogen-bond acceptors (Lipinski definition) is 4. The first-order chi connectivity index (χ1) is 10.3. The molecule has 3 atom stereocenters. The summed E-state index contributed by atoms with van der Waals surface area (Å²) in [7, 11) is -2.00. The molecule has 0 saturated carbocycles. The number of benzene rings is 1. The Balaban J connectivity index is 2.14. The lowest BCUT2D eigenvalue weighted by atomic mass is 10.1. The molecule has 1 aromatic rings. The molecule has 22 heavy (non-hydrogen) atoms. The Kier molecular flexibility index (Phi) is 5.44. The van der Waals surface area contributed by atoms with E-state index in [4.69, 9.17) is 9.47 Å². The standard InChI is InChI=1S/C15H24N2O4S/c1-11-9-17(10-12(2)21-11)22(18,19)16-13(3)14-7-5-6-8-15(14)20-4/h5-8,11-13,16H,9-10H2,1-4H3/t11-,12+,13-/m1/s1. The van der Waals surface area contributed by atoms with Crippen molar-refractivity contribution >= 4 is 10.2 Å². The molecule has 1 fully saturated rings. The van der Waals surface area contributed by atoms with Crippen LogP contribution in [0.3, 0.4) is 0 Å². The van der Waals surface area contributed by atoms with Gasteiger partial charge in [-0.15, -0.1) is 0 Å². The number of hydrogen-bond donors (Lipinski definition) is 1. The molecular weight excluding hydrogens is 304 g/mol. The van der Waals surface area contributed by atoms with Gasteiger partial charge in [-0.1, -0.05) is 18.2 Å². The van der Waals surface area contributed by atoms with Gasteiger partial charge in [0.05, 0.1) is 19.3 Å². The Hall–Kier alpha value is -1.15. The van der Waals surface area contributed by atoms with Gasteiger partial charge in [-0.3, -0.25) is 0 Å². The van der Waals surface area contributed by atoms with E-state index in [2.05, 4.69) is 4.72 Å². The molecule has 0 unspecified atom stereocenters. The molecule has 0 radical (unpaired) electrons. The monoisotopic (exact) mass is 328 g/mol. The fourth-order valence-electron chi connectivity index (χ4n) is 2.71. The van der Waals surface area contributed by atoms with Crippen molar-refractivity contribution in [1.82, 2.24) is 9.03 Å². The number of nitrogens with one attached hydrogen (secondary N) is 1. The summed E-state index contributed by atoms with van der Waals surface area (Å²) < 4.78 is 40.2. The molecule has 124 valence electrons. The van der Waals surface area contributed by atoms with Gasteiger partial charge in [-0.25, -0.2) is 0 Å². The molecular formula is C15H24N2O4S. The summed E-state index contributed by atoms with van der Waals surface area (Å²) in [6.07, 6.45) is -0.219. The maximum absolute atomic E-state index is 12.6. The molecule has 1 aromatic carbocycles. The summed E-state index contributed by atoms with van der Waals surface area (Å²) in [5.74, 6) is 0.668. The molecule has 1 N–H and O–H groups in total. The van der Waals surface area contributed by atoms with Crippen molar-refractivity contribution in [2.75, 3.05) is 20.2 Å². The topological polar surface area (TPSA) is 67.9 Å². The van der Waals surface area contributed by atoms with E-state index in [0.29, 0.717) is 18.8 Å². The number of para-hydroxylation sites is 1. The molecule has 0 spiro atoms. The summed E-state index contributed by atoms with van der Waals surface area (Å²) in [6.45, 7) is 6.28. The lowest BCUT2D eigenvalue weighted by Crippen LogP contribution is -2.52. The van der Waals surface area contributed by atoms with Gasteiger partial charge < -0.3 is 9.47 Å². The van der Waals surface area contributed by atoms with E-state index in [0.717, 1.165) is 5.56 Å². The van der Waals surface area contributed by atoms with Gasteiger partial charge in [0, 0.05) is 24.7 Å². The molecule has 1 saturated heterocycles. The third-order valence-electron chi connectivity index (χ3n) is 3.66. The van der Waals surface area contributed by atoms with Crippen LogP contribution in [0.2, 0.25) is 0 Å². The number of rotatable bonds is 5. The minimum atomic E-state index is -3.57. The number of ether oxygens (including phenoxy) is 2. The predicted octanol–water partition coefficient (Wildman–Crippen LogP) is 1.70. The zero-order chi connectivity index (χ0) is 16.3. The highest BCUT2D eigenvalue weighted by Gasteiger charge is 2.32. The maximum Gasteiger partial charge on any atom is 0.280 e. The van der Waals surface area contributed by atoms with Crippen LogP contribution in [-0.4, -0.2) is 45.1 Å². The second-order valence-electron chi connectivity index (χ2n) is 5.66. The molecule has 2 rings (SSSR count). The van der Waals surface area contributed by atoms with Crippen molar-refractivity contribution in [3.63, 3.8) is 0 Å². The van der Waals surface area contributed by atoms with Gasteiger partial charge in [-0.05, 0) is 26.8 Å². The van der Waals surface area contributed by atoms with Crippen molar-refractivity contribution in [2.45, 2.75) is 39.0 Å². The SMILES string of the molecule is COc1ccccc1[C@@H](C)NS(=O)(=O)N1C[C@@H](C)O[C@@H](C)C1. The van der Waals surface area contributed by atoms with E-state index in [1.165, 1.54) is 4.31 Å². The van der Waals surface area contributed by atoms with Crippen molar-refractivity contribution in [2.24, 2.45) is 0 Å². The Labute approximate surface area is 132 Å². The molecule has 1 heterocycles. The van der Waals surface area contributed by atoms with E-state index < -0.39 is 10.2 Å². The average Bonchev–Trinajstić information content (AvgIpc) is 2.45. The highest BCUT2D eigenvalue weighted by molar-refractivity contribution is 7.87. The van der Waals surface area contributed by atoms with Gasteiger partial charge >= 0.3 is 0 Å². The minimum Gasteiger partial charge on any atom is -0.496 e. The fraction of sp³-hybridized carbons (Fsp3) is 0.600. The molecule has 0 aromatic heterocycles. The van der Waals surface area contributed by atoms with Gasteiger partial charge in [0.2, 0.25) is 0 Å².